The van der Waals surface area contributed by atoms with E-state index in [1.807, 2.05) is 12.1 Å². The number of nitriles is 1. The third kappa shape index (κ3) is 5.27. The zero-order valence-electron chi connectivity index (χ0n) is 12.8. The van der Waals surface area contributed by atoms with Gasteiger partial charge in [0.05, 0.1) is 12.7 Å². The highest BCUT2D eigenvalue weighted by Crippen LogP contribution is 2.37. The van der Waals surface area contributed by atoms with Crippen LogP contribution in [0.25, 0.3) is 0 Å². The second-order valence-electron chi connectivity index (χ2n) is 5.35. The molecule has 1 aliphatic carbocycles. The molecular formula is C17H20BrNO3. The molecule has 1 aliphatic rings. The normalized spacial score (nSPS) is 20.1. The monoisotopic (exact) mass is 365 g/mol. The SMILES string of the molecule is CC(=O)C1CCCC(c2ccc(Br)c(C#N)c2)C1.COC=O. The van der Waals surface area contributed by atoms with Crippen LogP contribution in [0.2, 0.25) is 0 Å². The van der Waals surface area contributed by atoms with Crippen molar-refractivity contribution in [3.8, 4) is 6.07 Å². The Morgan fingerprint density at radius 2 is 2.14 bits per heavy atom. The van der Waals surface area contributed by atoms with Crippen molar-refractivity contribution in [1.29, 1.82) is 5.26 Å². The van der Waals surface area contributed by atoms with Gasteiger partial charge in [-0.05, 0) is 65.7 Å². The lowest BCUT2D eigenvalue weighted by Gasteiger charge is -2.28. The van der Waals surface area contributed by atoms with E-state index in [1.165, 1.54) is 12.7 Å². The summed E-state index contributed by atoms with van der Waals surface area (Å²) in [4.78, 5) is 20.4. The van der Waals surface area contributed by atoms with Crippen molar-refractivity contribution in [2.24, 2.45) is 5.92 Å². The Labute approximate surface area is 139 Å². The fourth-order valence-corrected chi connectivity index (χ4v) is 3.08. The van der Waals surface area contributed by atoms with Crippen molar-refractivity contribution < 1.29 is 14.3 Å². The van der Waals surface area contributed by atoms with Crippen LogP contribution in [0.4, 0.5) is 0 Å². The molecule has 2 unspecified atom stereocenters. The Morgan fingerprint density at radius 3 is 2.68 bits per heavy atom. The lowest BCUT2D eigenvalue weighted by molar-refractivity contribution is -0.126. The van der Waals surface area contributed by atoms with Crippen LogP contribution in [0.5, 0.6) is 0 Å². The average molecular weight is 366 g/mol. The molecule has 5 heteroatoms. The van der Waals surface area contributed by atoms with Crippen molar-refractivity contribution in [2.75, 3.05) is 7.11 Å². The second kappa shape index (κ2) is 9.37. The molecule has 118 valence electrons. The number of Topliss-reactive ketones (excluding diaryl/α,β-unsaturated/α-hetero) is 1. The quantitative estimate of drug-likeness (QED) is 0.759. The molecule has 0 aliphatic heterocycles. The summed E-state index contributed by atoms with van der Waals surface area (Å²) in [5, 5.41) is 9.05. The van der Waals surface area contributed by atoms with Gasteiger partial charge in [-0.25, -0.2) is 0 Å². The Kier molecular flexibility index (Phi) is 7.83. The Hall–Kier alpha value is -1.67. The van der Waals surface area contributed by atoms with E-state index >= 15 is 0 Å². The third-order valence-corrected chi connectivity index (χ3v) is 4.62. The van der Waals surface area contributed by atoms with Crippen LogP contribution in [-0.4, -0.2) is 19.4 Å². The summed E-state index contributed by atoms with van der Waals surface area (Å²) >= 11 is 3.37. The van der Waals surface area contributed by atoms with Gasteiger partial charge in [-0.1, -0.05) is 12.5 Å². The molecule has 1 aromatic rings. The zero-order valence-corrected chi connectivity index (χ0v) is 14.4. The molecule has 2 atom stereocenters. The summed E-state index contributed by atoms with van der Waals surface area (Å²) in [6, 6.07) is 8.15. The summed E-state index contributed by atoms with van der Waals surface area (Å²) < 4.78 is 4.70. The van der Waals surface area contributed by atoms with Crippen molar-refractivity contribution in [3.05, 3.63) is 33.8 Å². The van der Waals surface area contributed by atoms with E-state index in [0.29, 0.717) is 23.7 Å². The summed E-state index contributed by atoms with van der Waals surface area (Å²) in [5.74, 6) is 0.933. The molecule has 4 nitrogen and oxygen atoms in total. The number of nitrogens with zero attached hydrogens (tertiary/aromatic N) is 1. The first-order chi connectivity index (χ1) is 10.5. The van der Waals surface area contributed by atoms with Gasteiger partial charge >= 0.3 is 0 Å². The minimum atomic E-state index is 0.206. The first-order valence-corrected chi connectivity index (χ1v) is 7.99. The summed E-state index contributed by atoms with van der Waals surface area (Å²) in [6.07, 6.45) is 4.18. The van der Waals surface area contributed by atoms with Gasteiger partial charge in [0.2, 0.25) is 0 Å². The van der Waals surface area contributed by atoms with E-state index < -0.39 is 0 Å². The number of carbonyl (C=O) groups is 2. The van der Waals surface area contributed by atoms with Crippen LogP contribution in [0, 0.1) is 17.2 Å². The van der Waals surface area contributed by atoms with Crippen molar-refractivity contribution in [1.82, 2.24) is 0 Å². The number of ether oxygens (including phenoxy) is 1. The van der Waals surface area contributed by atoms with Crippen LogP contribution < -0.4 is 0 Å². The number of hydrogen-bond donors (Lipinski definition) is 0. The average Bonchev–Trinajstić information content (AvgIpc) is 2.55. The van der Waals surface area contributed by atoms with E-state index in [1.54, 1.807) is 6.92 Å². The number of ketones is 1. The lowest BCUT2D eigenvalue weighted by Crippen LogP contribution is -2.20. The minimum Gasteiger partial charge on any atom is -0.471 e. The van der Waals surface area contributed by atoms with Gasteiger partial charge in [0.25, 0.3) is 6.47 Å². The molecule has 0 N–H and O–H groups in total. The molecule has 0 radical (unpaired) electrons. The van der Waals surface area contributed by atoms with Crippen LogP contribution >= 0.6 is 15.9 Å². The topological polar surface area (TPSA) is 67.2 Å². The van der Waals surface area contributed by atoms with E-state index in [9.17, 15) is 4.79 Å². The highest BCUT2D eigenvalue weighted by Gasteiger charge is 2.26. The van der Waals surface area contributed by atoms with Gasteiger partial charge in [0, 0.05) is 10.4 Å². The molecule has 0 aromatic heterocycles. The van der Waals surface area contributed by atoms with Gasteiger partial charge < -0.3 is 4.74 Å². The Morgan fingerprint density at radius 1 is 1.45 bits per heavy atom. The molecule has 1 saturated carbocycles. The van der Waals surface area contributed by atoms with E-state index in [-0.39, 0.29) is 5.92 Å². The van der Waals surface area contributed by atoms with Crippen LogP contribution in [0.15, 0.2) is 22.7 Å². The fourth-order valence-electron chi connectivity index (χ4n) is 2.74. The van der Waals surface area contributed by atoms with Crippen molar-refractivity contribution >= 4 is 28.2 Å². The smallest absolute Gasteiger partial charge is 0.292 e. The van der Waals surface area contributed by atoms with Gasteiger partial charge in [0.15, 0.2) is 0 Å². The van der Waals surface area contributed by atoms with Gasteiger partial charge in [-0.3, -0.25) is 9.59 Å². The molecule has 0 bridgehead atoms. The van der Waals surface area contributed by atoms with Gasteiger partial charge in [-0.15, -0.1) is 0 Å². The maximum absolute atomic E-state index is 11.5. The van der Waals surface area contributed by atoms with E-state index in [4.69, 9.17) is 10.1 Å². The molecule has 22 heavy (non-hydrogen) atoms. The first kappa shape index (κ1) is 18.4. The van der Waals surface area contributed by atoms with Crippen LogP contribution in [-0.2, 0) is 14.3 Å². The Bertz CT molecular complexity index is 566. The molecule has 0 amide bonds. The summed E-state index contributed by atoms with van der Waals surface area (Å²) in [6.45, 7) is 2.06. The lowest BCUT2D eigenvalue weighted by atomic mass is 9.76. The molecule has 0 saturated heterocycles. The number of hydrogen-bond acceptors (Lipinski definition) is 4. The summed E-state index contributed by atoms with van der Waals surface area (Å²) in [5.41, 5.74) is 1.87. The Balaban J connectivity index is 0.000000541. The maximum Gasteiger partial charge on any atom is 0.292 e. The first-order valence-electron chi connectivity index (χ1n) is 7.19. The van der Waals surface area contributed by atoms with Gasteiger partial charge in [-0.2, -0.15) is 5.26 Å². The van der Waals surface area contributed by atoms with Crippen molar-refractivity contribution in [2.45, 2.75) is 38.5 Å². The maximum atomic E-state index is 11.5. The van der Waals surface area contributed by atoms with E-state index in [0.717, 1.165) is 30.2 Å². The molecule has 2 rings (SSSR count). The van der Waals surface area contributed by atoms with Crippen LogP contribution in [0.1, 0.15) is 49.7 Å². The minimum absolute atomic E-state index is 0.206. The molecule has 0 heterocycles. The van der Waals surface area contributed by atoms with Gasteiger partial charge in [0.1, 0.15) is 11.9 Å². The highest BCUT2D eigenvalue weighted by molar-refractivity contribution is 9.10. The van der Waals surface area contributed by atoms with E-state index in [2.05, 4.69) is 32.8 Å². The highest BCUT2D eigenvalue weighted by atomic mass is 79.9. The number of carbonyl (C=O) groups excluding carboxylic acids is 2. The zero-order chi connectivity index (χ0) is 16.5. The second-order valence-corrected chi connectivity index (χ2v) is 6.21. The summed E-state index contributed by atoms with van der Waals surface area (Å²) in [7, 11) is 1.31. The number of methoxy groups -OCH3 is 1. The standard InChI is InChI=1S/C15H16BrNO.C2H4O2/c1-10(18)11-3-2-4-12(7-11)13-5-6-15(16)14(8-13)9-17;1-4-2-3/h5-6,8,11-12H,2-4,7H2,1H3;2H,1H3. The predicted octanol–water partition coefficient (Wildman–Crippen LogP) is 3.97. The molecule has 0 spiro atoms. The van der Waals surface area contributed by atoms with Crippen LogP contribution in [0.3, 0.4) is 0 Å². The fraction of sp³-hybridized carbons (Fsp3) is 0.471. The number of halogens is 1. The molecular weight excluding hydrogens is 346 g/mol. The third-order valence-electron chi connectivity index (χ3n) is 3.93. The van der Waals surface area contributed by atoms with Crippen molar-refractivity contribution in [3.63, 3.8) is 0 Å². The molecule has 1 fully saturated rings. The number of rotatable bonds is 3. The predicted molar refractivity (Wildman–Crippen MR) is 87.3 cm³/mol. The molecule has 1 aromatic carbocycles. The largest absolute Gasteiger partial charge is 0.471 e. The number of benzene rings is 1.